The average Bonchev–Trinajstić information content (AvgIpc) is 2.51. The highest BCUT2D eigenvalue weighted by Gasteiger charge is 2.28. The molecule has 1 unspecified atom stereocenters. The number of halogens is 5. The minimum atomic E-state index is -4.33. The maximum Gasteiger partial charge on any atom is 0.411 e. The highest BCUT2D eigenvalue weighted by atomic mass is 35.5. The van der Waals surface area contributed by atoms with Crippen LogP contribution < -0.4 is 5.32 Å². The standard InChI is InChI=1S/C9H10Cl2F3NOS/c1-15-6(3-16-4-9(12,13)14)5-2-7(10)17-8(5)11/h2,6,15H,3-4H2,1H3. The van der Waals surface area contributed by atoms with Crippen LogP contribution in [0, 0.1) is 0 Å². The summed E-state index contributed by atoms with van der Waals surface area (Å²) in [7, 11) is 1.61. The summed E-state index contributed by atoms with van der Waals surface area (Å²) in [6.45, 7) is -1.40. The van der Waals surface area contributed by atoms with E-state index in [4.69, 9.17) is 23.2 Å². The molecule has 0 saturated heterocycles. The third-order valence-electron chi connectivity index (χ3n) is 1.96. The van der Waals surface area contributed by atoms with Gasteiger partial charge < -0.3 is 10.1 Å². The first-order chi connectivity index (χ1) is 7.83. The van der Waals surface area contributed by atoms with Gasteiger partial charge in [0.1, 0.15) is 6.61 Å². The van der Waals surface area contributed by atoms with E-state index in [1.807, 2.05) is 0 Å². The number of hydrogen-bond acceptors (Lipinski definition) is 3. The molecule has 1 aromatic heterocycles. The van der Waals surface area contributed by atoms with Gasteiger partial charge in [-0.05, 0) is 13.1 Å². The SMILES string of the molecule is CNC(COCC(F)(F)F)c1cc(Cl)sc1Cl. The molecule has 1 atom stereocenters. The molecule has 0 fully saturated rings. The molecule has 0 amide bonds. The fourth-order valence-corrected chi connectivity index (χ4v) is 2.79. The van der Waals surface area contributed by atoms with E-state index in [0.29, 0.717) is 14.2 Å². The van der Waals surface area contributed by atoms with E-state index < -0.39 is 18.8 Å². The largest absolute Gasteiger partial charge is 0.411 e. The molecule has 0 radical (unpaired) electrons. The molecule has 17 heavy (non-hydrogen) atoms. The molecule has 1 aromatic rings. The quantitative estimate of drug-likeness (QED) is 0.891. The molecule has 2 nitrogen and oxygen atoms in total. The second-order valence-electron chi connectivity index (χ2n) is 3.25. The number of rotatable bonds is 5. The van der Waals surface area contributed by atoms with Crippen molar-refractivity contribution in [3.63, 3.8) is 0 Å². The summed E-state index contributed by atoms with van der Waals surface area (Å²) in [5.74, 6) is 0. The van der Waals surface area contributed by atoms with Crippen molar-refractivity contribution in [2.75, 3.05) is 20.3 Å². The highest BCUT2D eigenvalue weighted by molar-refractivity contribution is 7.20. The summed E-state index contributed by atoms with van der Waals surface area (Å²) in [6, 6.07) is 1.21. The van der Waals surface area contributed by atoms with E-state index in [0.717, 1.165) is 0 Å². The minimum Gasteiger partial charge on any atom is -0.370 e. The lowest BCUT2D eigenvalue weighted by Crippen LogP contribution is -2.25. The molecular formula is C9H10Cl2F3NOS. The van der Waals surface area contributed by atoms with Crippen LogP contribution in [0.4, 0.5) is 13.2 Å². The van der Waals surface area contributed by atoms with Crippen LogP contribution in [0.25, 0.3) is 0 Å². The molecule has 98 valence electrons. The number of alkyl halides is 3. The zero-order valence-electron chi connectivity index (χ0n) is 8.78. The van der Waals surface area contributed by atoms with E-state index in [-0.39, 0.29) is 6.61 Å². The molecule has 0 aliphatic carbocycles. The zero-order chi connectivity index (χ0) is 13.1. The van der Waals surface area contributed by atoms with E-state index in [1.54, 1.807) is 13.1 Å². The van der Waals surface area contributed by atoms with Gasteiger partial charge in [-0.15, -0.1) is 11.3 Å². The van der Waals surface area contributed by atoms with Crippen molar-refractivity contribution in [3.05, 3.63) is 20.3 Å². The van der Waals surface area contributed by atoms with Crippen LogP contribution in [-0.2, 0) is 4.74 Å². The van der Waals surface area contributed by atoms with Crippen molar-refractivity contribution in [1.82, 2.24) is 5.32 Å². The summed E-state index contributed by atoms with van der Waals surface area (Å²) in [6.07, 6.45) is -4.33. The fraction of sp³-hybridized carbons (Fsp3) is 0.556. The fourth-order valence-electron chi connectivity index (χ4n) is 1.21. The van der Waals surface area contributed by atoms with Gasteiger partial charge in [0.2, 0.25) is 0 Å². The highest BCUT2D eigenvalue weighted by Crippen LogP contribution is 2.35. The summed E-state index contributed by atoms with van der Waals surface area (Å²) in [4.78, 5) is 0. The second-order valence-corrected chi connectivity index (χ2v) is 5.54. The van der Waals surface area contributed by atoms with Gasteiger partial charge in [0.05, 0.1) is 21.3 Å². The van der Waals surface area contributed by atoms with Gasteiger partial charge in [0.15, 0.2) is 0 Å². The van der Waals surface area contributed by atoms with Gasteiger partial charge in [0, 0.05) is 5.56 Å². The van der Waals surface area contributed by atoms with Crippen molar-refractivity contribution >= 4 is 34.5 Å². The normalized spacial score (nSPS) is 14.0. The van der Waals surface area contributed by atoms with Gasteiger partial charge in [-0.25, -0.2) is 0 Å². The topological polar surface area (TPSA) is 21.3 Å². The Morgan fingerprint density at radius 1 is 1.47 bits per heavy atom. The number of nitrogens with one attached hydrogen (secondary N) is 1. The van der Waals surface area contributed by atoms with Crippen molar-refractivity contribution in [3.8, 4) is 0 Å². The van der Waals surface area contributed by atoms with Crippen LogP contribution in [0.1, 0.15) is 11.6 Å². The van der Waals surface area contributed by atoms with Crippen molar-refractivity contribution < 1.29 is 17.9 Å². The van der Waals surface area contributed by atoms with Crippen molar-refractivity contribution in [2.45, 2.75) is 12.2 Å². The van der Waals surface area contributed by atoms with Crippen LogP contribution >= 0.6 is 34.5 Å². The number of hydrogen-bond donors (Lipinski definition) is 1. The first-order valence-corrected chi connectivity index (χ1v) is 6.17. The number of likely N-dealkylation sites (N-methyl/N-ethyl adjacent to an activating group) is 1. The lowest BCUT2D eigenvalue weighted by molar-refractivity contribution is -0.175. The van der Waals surface area contributed by atoms with Gasteiger partial charge in [0.25, 0.3) is 0 Å². The molecule has 0 spiro atoms. The van der Waals surface area contributed by atoms with Crippen LogP contribution in [0.3, 0.4) is 0 Å². The summed E-state index contributed by atoms with van der Waals surface area (Å²) < 4.78 is 41.2. The van der Waals surface area contributed by atoms with Gasteiger partial charge in [-0.1, -0.05) is 23.2 Å². The van der Waals surface area contributed by atoms with Crippen LogP contribution in [0.5, 0.6) is 0 Å². The predicted octanol–water partition coefficient (Wildman–Crippen LogP) is 3.89. The Balaban J connectivity index is 2.57. The van der Waals surface area contributed by atoms with Crippen LogP contribution in [-0.4, -0.2) is 26.4 Å². The summed E-state index contributed by atoms with van der Waals surface area (Å²) in [5.41, 5.74) is 0.645. The van der Waals surface area contributed by atoms with Crippen LogP contribution in [0.15, 0.2) is 6.07 Å². The summed E-state index contributed by atoms with van der Waals surface area (Å²) in [5, 5.41) is 2.83. The monoisotopic (exact) mass is 307 g/mol. The van der Waals surface area contributed by atoms with Crippen LogP contribution in [0.2, 0.25) is 8.67 Å². The van der Waals surface area contributed by atoms with Crippen molar-refractivity contribution in [2.24, 2.45) is 0 Å². The molecule has 0 aromatic carbocycles. The predicted molar refractivity (Wildman–Crippen MR) is 63.0 cm³/mol. The number of thiophene rings is 1. The van der Waals surface area contributed by atoms with Gasteiger partial charge >= 0.3 is 6.18 Å². The maximum absolute atomic E-state index is 11.9. The Kier molecular flexibility index (Phi) is 5.53. The van der Waals surface area contributed by atoms with E-state index in [1.165, 1.54) is 11.3 Å². The van der Waals surface area contributed by atoms with Gasteiger partial charge in [-0.2, -0.15) is 13.2 Å². The molecule has 0 aliphatic rings. The van der Waals surface area contributed by atoms with E-state index in [2.05, 4.69) is 10.1 Å². The average molecular weight is 308 g/mol. The first-order valence-electron chi connectivity index (χ1n) is 4.60. The lowest BCUT2D eigenvalue weighted by Gasteiger charge is -2.16. The van der Waals surface area contributed by atoms with Gasteiger partial charge in [-0.3, -0.25) is 0 Å². The Morgan fingerprint density at radius 2 is 2.12 bits per heavy atom. The Morgan fingerprint density at radius 3 is 2.53 bits per heavy atom. The first kappa shape index (κ1) is 15.0. The molecule has 0 aliphatic heterocycles. The minimum absolute atomic E-state index is 0.122. The molecule has 0 bridgehead atoms. The van der Waals surface area contributed by atoms with E-state index >= 15 is 0 Å². The Labute approximate surface area is 111 Å². The molecule has 8 heteroatoms. The third kappa shape index (κ3) is 5.01. The number of ether oxygens (including phenoxy) is 1. The molecule has 1 N–H and O–H groups in total. The maximum atomic E-state index is 11.9. The van der Waals surface area contributed by atoms with Crippen molar-refractivity contribution in [1.29, 1.82) is 0 Å². The lowest BCUT2D eigenvalue weighted by atomic mass is 10.2. The third-order valence-corrected chi connectivity index (χ3v) is 3.48. The molecule has 1 heterocycles. The summed E-state index contributed by atoms with van der Waals surface area (Å²) >= 11 is 12.8. The molecule has 0 saturated carbocycles. The smallest absolute Gasteiger partial charge is 0.370 e. The van der Waals surface area contributed by atoms with E-state index in [9.17, 15) is 13.2 Å². The molecular weight excluding hydrogens is 298 g/mol. The zero-order valence-corrected chi connectivity index (χ0v) is 11.1. The Hall–Kier alpha value is -0.0100. The Bertz CT molecular complexity index is 370. The second kappa shape index (κ2) is 6.24. The molecule has 1 rings (SSSR count).